The summed E-state index contributed by atoms with van der Waals surface area (Å²) in [5.41, 5.74) is 1.91. The fourth-order valence-corrected chi connectivity index (χ4v) is 3.81. The van der Waals surface area contributed by atoms with Crippen molar-refractivity contribution in [2.24, 2.45) is 5.92 Å². The Kier molecular flexibility index (Phi) is 6.28. The molecular formula is C22H24ClN5O2. The molecule has 1 aliphatic rings. The van der Waals surface area contributed by atoms with Crippen LogP contribution < -0.4 is 10.2 Å². The van der Waals surface area contributed by atoms with Crippen molar-refractivity contribution < 1.29 is 9.53 Å². The van der Waals surface area contributed by atoms with E-state index < -0.39 is 0 Å². The van der Waals surface area contributed by atoms with Crippen LogP contribution in [0.5, 0.6) is 0 Å². The molecule has 1 unspecified atom stereocenters. The number of carbonyl (C=O) groups is 1. The highest BCUT2D eigenvalue weighted by atomic mass is 35.5. The monoisotopic (exact) mass is 425 g/mol. The number of nitrogens with one attached hydrogen (secondary N) is 1. The number of halogens is 1. The maximum Gasteiger partial charge on any atom is 0.310 e. The number of hydrogen-bond acceptors (Lipinski definition) is 7. The van der Waals surface area contributed by atoms with Gasteiger partial charge in [0.05, 0.1) is 23.4 Å². The first kappa shape index (κ1) is 20.3. The molecular weight excluding hydrogens is 402 g/mol. The standard InChI is InChI=1S/C22H24ClN5O2/c1-2-30-21(29)16-4-3-11-28(14-16)20-18-13-26-22(27-19(18)9-10-24-20)25-12-15-5-7-17(23)8-6-15/h5-10,13,16H,2-4,11-12,14H2,1H3,(H,25,26,27). The minimum atomic E-state index is -0.132. The van der Waals surface area contributed by atoms with Gasteiger partial charge >= 0.3 is 5.97 Å². The number of carbonyl (C=O) groups excluding carboxylic acids is 1. The zero-order valence-electron chi connectivity index (χ0n) is 16.8. The summed E-state index contributed by atoms with van der Waals surface area (Å²) in [6, 6.07) is 9.53. The fourth-order valence-electron chi connectivity index (χ4n) is 3.68. The first-order valence-electron chi connectivity index (χ1n) is 10.2. The van der Waals surface area contributed by atoms with Crippen LogP contribution in [-0.2, 0) is 16.1 Å². The van der Waals surface area contributed by atoms with Gasteiger partial charge in [-0.1, -0.05) is 23.7 Å². The lowest BCUT2D eigenvalue weighted by molar-refractivity contribution is -0.148. The van der Waals surface area contributed by atoms with E-state index in [0.717, 1.165) is 41.7 Å². The molecule has 0 spiro atoms. The number of rotatable bonds is 6. The zero-order valence-corrected chi connectivity index (χ0v) is 17.6. The number of piperidine rings is 1. The maximum absolute atomic E-state index is 12.2. The summed E-state index contributed by atoms with van der Waals surface area (Å²) in [5, 5.41) is 4.83. The van der Waals surface area contributed by atoms with Crippen molar-refractivity contribution in [3.8, 4) is 0 Å². The number of pyridine rings is 1. The van der Waals surface area contributed by atoms with E-state index >= 15 is 0 Å². The predicted molar refractivity (Wildman–Crippen MR) is 118 cm³/mol. The summed E-state index contributed by atoms with van der Waals surface area (Å²) in [7, 11) is 0. The van der Waals surface area contributed by atoms with Crippen molar-refractivity contribution in [1.29, 1.82) is 0 Å². The van der Waals surface area contributed by atoms with Crippen LogP contribution in [0.4, 0.5) is 11.8 Å². The van der Waals surface area contributed by atoms with Crippen LogP contribution in [0.1, 0.15) is 25.3 Å². The summed E-state index contributed by atoms with van der Waals surface area (Å²) >= 11 is 5.93. The minimum Gasteiger partial charge on any atom is -0.466 e. The highest BCUT2D eigenvalue weighted by Gasteiger charge is 2.28. The molecule has 1 fully saturated rings. The van der Waals surface area contributed by atoms with E-state index in [1.54, 1.807) is 12.4 Å². The van der Waals surface area contributed by atoms with Crippen LogP contribution >= 0.6 is 11.6 Å². The van der Waals surface area contributed by atoms with Gasteiger partial charge in [-0.3, -0.25) is 4.79 Å². The smallest absolute Gasteiger partial charge is 0.310 e. The quantitative estimate of drug-likeness (QED) is 0.596. The summed E-state index contributed by atoms with van der Waals surface area (Å²) in [6.45, 7) is 4.29. The van der Waals surface area contributed by atoms with Gasteiger partial charge in [-0.05, 0) is 43.5 Å². The number of benzene rings is 1. The van der Waals surface area contributed by atoms with E-state index in [1.165, 1.54) is 0 Å². The number of ether oxygens (including phenoxy) is 1. The first-order valence-corrected chi connectivity index (χ1v) is 10.5. The van der Waals surface area contributed by atoms with Gasteiger partial charge in [0, 0.05) is 37.1 Å². The van der Waals surface area contributed by atoms with Gasteiger partial charge in [0.25, 0.3) is 0 Å². The Bertz CT molecular complexity index is 1030. The van der Waals surface area contributed by atoms with E-state index in [0.29, 0.717) is 30.7 Å². The highest BCUT2D eigenvalue weighted by Crippen LogP contribution is 2.28. The number of anilines is 2. The van der Waals surface area contributed by atoms with Crippen LogP contribution in [0.15, 0.2) is 42.7 Å². The van der Waals surface area contributed by atoms with Crippen LogP contribution in [0.3, 0.4) is 0 Å². The zero-order chi connectivity index (χ0) is 20.9. The van der Waals surface area contributed by atoms with Gasteiger partial charge in [0.1, 0.15) is 5.82 Å². The molecule has 2 aromatic heterocycles. The molecule has 0 radical (unpaired) electrons. The largest absolute Gasteiger partial charge is 0.466 e. The average Bonchev–Trinajstić information content (AvgIpc) is 2.78. The molecule has 0 saturated carbocycles. The second-order valence-corrected chi connectivity index (χ2v) is 7.71. The fraction of sp³-hybridized carbons (Fsp3) is 0.364. The van der Waals surface area contributed by atoms with Gasteiger partial charge in [0.2, 0.25) is 5.95 Å². The van der Waals surface area contributed by atoms with Crippen LogP contribution in [-0.4, -0.2) is 40.6 Å². The van der Waals surface area contributed by atoms with Gasteiger partial charge in [-0.15, -0.1) is 0 Å². The molecule has 156 valence electrons. The van der Waals surface area contributed by atoms with E-state index in [4.69, 9.17) is 16.3 Å². The van der Waals surface area contributed by atoms with Crippen molar-refractivity contribution in [2.45, 2.75) is 26.3 Å². The Morgan fingerprint density at radius 1 is 1.27 bits per heavy atom. The molecule has 1 aliphatic heterocycles. The third-order valence-corrected chi connectivity index (χ3v) is 5.45. The van der Waals surface area contributed by atoms with Crippen LogP contribution in [0.25, 0.3) is 10.9 Å². The molecule has 8 heteroatoms. The van der Waals surface area contributed by atoms with Crippen LogP contribution in [0, 0.1) is 5.92 Å². The molecule has 1 saturated heterocycles. The Balaban J connectivity index is 1.51. The molecule has 4 rings (SSSR count). The van der Waals surface area contributed by atoms with E-state index in [2.05, 4.69) is 25.2 Å². The Labute approximate surface area is 180 Å². The number of aromatic nitrogens is 3. The van der Waals surface area contributed by atoms with E-state index in [-0.39, 0.29) is 11.9 Å². The van der Waals surface area contributed by atoms with Crippen molar-refractivity contribution >= 4 is 40.2 Å². The van der Waals surface area contributed by atoms with Gasteiger partial charge < -0.3 is 15.0 Å². The number of fused-ring (bicyclic) bond motifs is 1. The van der Waals surface area contributed by atoms with Crippen molar-refractivity contribution in [1.82, 2.24) is 15.0 Å². The molecule has 3 aromatic rings. The van der Waals surface area contributed by atoms with Crippen molar-refractivity contribution in [3.05, 3.63) is 53.3 Å². The molecule has 1 N–H and O–H groups in total. The molecule has 0 bridgehead atoms. The molecule has 1 atom stereocenters. The number of hydrogen-bond donors (Lipinski definition) is 1. The predicted octanol–water partition coefficient (Wildman–Crippen LogP) is 4.07. The lowest BCUT2D eigenvalue weighted by Gasteiger charge is -2.32. The molecule has 1 aromatic carbocycles. The third kappa shape index (κ3) is 4.62. The highest BCUT2D eigenvalue weighted by molar-refractivity contribution is 6.30. The minimum absolute atomic E-state index is 0.128. The summed E-state index contributed by atoms with van der Waals surface area (Å²) in [6.07, 6.45) is 5.31. The van der Waals surface area contributed by atoms with Crippen molar-refractivity contribution in [3.63, 3.8) is 0 Å². The van der Waals surface area contributed by atoms with E-state index in [9.17, 15) is 4.79 Å². The Hall–Kier alpha value is -2.93. The summed E-state index contributed by atoms with van der Waals surface area (Å²) in [5.74, 6) is 1.10. The van der Waals surface area contributed by atoms with Crippen LogP contribution in [0.2, 0.25) is 5.02 Å². The second kappa shape index (κ2) is 9.26. The Morgan fingerprint density at radius 2 is 2.10 bits per heavy atom. The van der Waals surface area contributed by atoms with Gasteiger partial charge in [-0.25, -0.2) is 15.0 Å². The average molecular weight is 426 g/mol. The molecule has 30 heavy (non-hydrogen) atoms. The SMILES string of the molecule is CCOC(=O)C1CCCN(c2nccc3nc(NCc4ccc(Cl)cc4)ncc23)C1. The molecule has 7 nitrogen and oxygen atoms in total. The molecule has 0 aliphatic carbocycles. The van der Waals surface area contributed by atoms with E-state index in [1.807, 2.05) is 37.3 Å². The first-order chi connectivity index (χ1) is 14.6. The summed E-state index contributed by atoms with van der Waals surface area (Å²) in [4.78, 5) is 28.0. The number of esters is 1. The third-order valence-electron chi connectivity index (χ3n) is 5.19. The van der Waals surface area contributed by atoms with Crippen molar-refractivity contribution in [2.75, 3.05) is 29.9 Å². The van der Waals surface area contributed by atoms with Gasteiger partial charge in [-0.2, -0.15) is 0 Å². The molecule has 3 heterocycles. The lowest BCUT2D eigenvalue weighted by atomic mass is 9.98. The lowest BCUT2D eigenvalue weighted by Crippen LogP contribution is -2.40. The molecule has 0 amide bonds. The Morgan fingerprint density at radius 3 is 2.90 bits per heavy atom. The topological polar surface area (TPSA) is 80.2 Å². The maximum atomic E-state index is 12.2. The summed E-state index contributed by atoms with van der Waals surface area (Å²) < 4.78 is 5.21. The second-order valence-electron chi connectivity index (χ2n) is 7.28. The normalized spacial score (nSPS) is 16.5. The van der Waals surface area contributed by atoms with Gasteiger partial charge in [0.15, 0.2) is 0 Å². The number of nitrogens with zero attached hydrogens (tertiary/aromatic N) is 4.